The first-order valence-electron chi connectivity index (χ1n) is 7.52. The van der Waals surface area contributed by atoms with Crippen LogP contribution in [0, 0.1) is 11.3 Å². The standard InChI is InChI=1S/C18H14ClN3O3/c19-13-3-6-16-17(7-13)21-11-22(18(16)24)9-14(23)10-25-15-4-1-12(8-20)2-5-15/h1-7,11,14,23H,9-10H2/t14-/m1/s1. The fourth-order valence-electron chi connectivity index (χ4n) is 2.36. The van der Waals surface area contributed by atoms with Crippen molar-refractivity contribution in [1.29, 1.82) is 5.26 Å². The molecule has 25 heavy (non-hydrogen) atoms. The lowest BCUT2D eigenvalue weighted by Crippen LogP contribution is -2.30. The Bertz CT molecular complexity index is 993. The summed E-state index contributed by atoms with van der Waals surface area (Å²) >= 11 is 5.89. The number of nitrogens with zero attached hydrogens (tertiary/aromatic N) is 3. The molecule has 1 atom stereocenters. The van der Waals surface area contributed by atoms with Crippen LogP contribution in [0.15, 0.2) is 53.6 Å². The second-order valence-corrected chi connectivity index (χ2v) is 5.90. The summed E-state index contributed by atoms with van der Waals surface area (Å²) in [5.41, 5.74) is 0.790. The number of rotatable bonds is 5. The molecule has 0 bridgehead atoms. The molecular weight excluding hydrogens is 342 g/mol. The van der Waals surface area contributed by atoms with Crippen molar-refractivity contribution in [3.05, 3.63) is 69.7 Å². The van der Waals surface area contributed by atoms with Crippen LogP contribution < -0.4 is 10.3 Å². The highest BCUT2D eigenvalue weighted by molar-refractivity contribution is 6.31. The largest absolute Gasteiger partial charge is 0.491 e. The molecule has 0 radical (unpaired) electrons. The number of ether oxygens (including phenoxy) is 1. The predicted molar refractivity (Wildman–Crippen MR) is 93.7 cm³/mol. The zero-order valence-electron chi connectivity index (χ0n) is 13.1. The van der Waals surface area contributed by atoms with Gasteiger partial charge in [0.05, 0.1) is 35.4 Å². The van der Waals surface area contributed by atoms with Gasteiger partial charge in [0.25, 0.3) is 5.56 Å². The number of aliphatic hydroxyl groups is 1. The second kappa shape index (κ2) is 7.34. The third-order valence-corrected chi connectivity index (χ3v) is 3.86. The Morgan fingerprint density at radius 1 is 1.28 bits per heavy atom. The first-order valence-corrected chi connectivity index (χ1v) is 7.90. The van der Waals surface area contributed by atoms with E-state index in [4.69, 9.17) is 21.6 Å². The zero-order chi connectivity index (χ0) is 17.8. The lowest BCUT2D eigenvalue weighted by molar-refractivity contribution is 0.0915. The molecule has 0 saturated carbocycles. The van der Waals surface area contributed by atoms with Gasteiger partial charge in [0.1, 0.15) is 18.5 Å². The summed E-state index contributed by atoms with van der Waals surface area (Å²) in [5.74, 6) is 0.539. The van der Waals surface area contributed by atoms with E-state index in [1.165, 1.54) is 10.9 Å². The number of hydrogen-bond donors (Lipinski definition) is 1. The Balaban J connectivity index is 1.68. The first kappa shape index (κ1) is 17.0. The third-order valence-electron chi connectivity index (χ3n) is 3.62. The number of aromatic nitrogens is 2. The number of hydrogen-bond acceptors (Lipinski definition) is 5. The van der Waals surface area contributed by atoms with Crippen LogP contribution in [0.25, 0.3) is 10.9 Å². The van der Waals surface area contributed by atoms with E-state index < -0.39 is 6.10 Å². The van der Waals surface area contributed by atoms with Crippen molar-refractivity contribution in [1.82, 2.24) is 9.55 Å². The monoisotopic (exact) mass is 355 g/mol. The quantitative estimate of drug-likeness (QED) is 0.759. The van der Waals surface area contributed by atoms with Gasteiger partial charge in [-0.2, -0.15) is 5.26 Å². The summed E-state index contributed by atoms with van der Waals surface area (Å²) in [7, 11) is 0. The van der Waals surface area contributed by atoms with Crippen LogP contribution in [-0.2, 0) is 6.54 Å². The minimum atomic E-state index is -0.889. The van der Waals surface area contributed by atoms with Crippen LogP contribution in [0.4, 0.5) is 0 Å². The molecule has 0 aliphatic rings. The van der Waals surface area contributed by atoms with Crippen molar-refractivity contribution >= 4 is 22.5 Å². The zero-order valence-corrected chi connectivity index (χ0v) is 13.8. The van der Waals surface area contributed by atoms with Gasteiger partial charge >= 0.3 is 0 Å². The SMILES string of the molecule is N#Cc1ccc(OC[C@H](O)Cn2cnc3cc(Cl)ccc3c2=O)cc1. The lowest BCUT2D eigenvalue weighted by Gasteiger charge is -2.14. The molecule has 0 aliphatic heterocycles. The highest BCUT2D eigenvalue weighted by Gasteiger charge is 2.10. The minimum Gasteiger partial charge on any atom is -0.491 e. The van der Waals surface area contributed by atoms with Crippen LogP contribution in [-0.4, -0.2) is 27.4 Å². The molecule has 0 fully saturated rings. The molecule has 0 saturated heterocycles. The molecule has 2 aromatic carbocycles. The molecule has 0 spiro atoms. The van der Waals surface area contributed by atoms with E-state index in [9.17, 15) is 9.90 Å². The van der Waals surface area contributed by atoms with E-state index in [0.717, 1.165) is 0 Å². The minimum absolute atomic E-state index is 0.0109. The van der Waals surface area contributed by atoms with E-state index in [-0.39, 0.29) is 18.7 Å². The molecule has 0 amide bonds. The fourth-order valence-corrected chi connectivity index (χ4v) is 2.53. The number of aliphatic hydroxyl groups excluding tert-OH is 1. The summed E-state index contributed by atoms with van der Waals surface area (Å²) in [6.07, 6.45) is 0.492. The second-order valence-electron chi connectivity index (χ2n) is 5.46. The molecule has 1 aromatic heterocycles. The molecule has 3 aromatic rings. The fraction of sp³-hybridized carbons (Fsp3) is 0.167. The van der Waals surface area contributed by atoms with Gasteiger partial charge in [0.15, 0.2) is 0 Å². The van der Waals surface area contributed by atoms with Gasteiger partial charge in [-0.15, -0.1) is 0 Å². The third kappa shape index (κ3) is 3.97. The van der Waals surface area contributed by atoms with E-state index >= 15 is 0 Å². The molecule has 1 N–H and O–H groups in total. The Labute approximate surface area is 148 Å². The Hall–Kier alpha value is -2.88. The number of fused-ring (bicyclic) bond motifs is 1. The predicted octanol–water partition coefficient (Wildman–Crippen LogP) is 2.36. The van der Waals surface area contributed by atoms with Gasteiger partial charge in [0.2, 0.25) is 0 Å². The van der Waals surface area contributed by atoms with Crippen molar-refractivity contribution in [3.8, 4) is 11.8 Å². The molecule has 6 nitrogen and oxygen atoms in total. The lowest BCUT2D eigenvalue weighted by atomic mass is 10.2. The van der Waals surface area contributed by atoms with Gasteiger partial charge in [-0.25, -0.2) is 4.98 Å². The van der Waals surface area contributed by atoms with Crippen molar-refractivity contribution in [2.75, 3.05) is 6.61 Å². The van der Waals surface area contributed by atoms with Crippen molar-refractivity contribution in [2.45, 2.75) is 12.6 Å². The number of nitriles is 1. The average Bonchev–Trinajstić information content (AvgIpc) is 2.62. The van der Waals surface area contributed by atoms with Gasteiger partial charge < -0.3 is 9.84 Å². The maximum Gasteiger partial charge on any atom is 0.261 e. The summed E-state index contributed by atoms with van der Waals surface area (Å²) < 4.78 is 6.81. The van der Waals surface area contributed by atoms with E-state index in [1.807, 2.05) is 6.07 Å². The Morgan fingerprint density at radius 3 is 2.76 bits per heavy atom. The molecular formula is C18H14ClN3O3. The van der Waals surface area contributed by atoms with E-state index in [2.05, 4.69) is 4.98 Å². The van der Waals surface area contributed by atoms with Crippen LogP contribution in [0.3, 0.4) is 0 Å². The molecule has 1 heterocycles. The summed E-state index contributed by atoms with van der Waals surface area (Å²) in [4.78, 5) is 16.6. The molecule has 0 aliphatic carbocycles. The highest BCUT2D eigenvalue weighted by atomic mass is 35.5. The van der Waals surface area contributed by atoms with Crippen molar-refractivity contribution < 1.29 is 9.84 Å². The normalized spacial score (nSPS) is 11.9. The van der Waals surface area contributed by atoms with Gasteiger partial charge in [-0.05, 0) is 42.5 Å². The molecule has 0 unspecified atom stereocenters. The molecule has 7 heteroatoms. The van der Waals surface area contributed by atoms with Crippen molar-refractivity contribution in [3.63, 3.8) is 0 Å². The summed E-state index contributed by atoms with van der Waals surface area (Å²) in [6, 6.07) is 13.4. The molecule has 3 rings (SSSR count). The smallest absolute Gasteiger partial charge is 0.261 e. The highest BCUT2D eigenvalue weighted by Crippen LogP contribution is 2.14. The van der Waals surface area contributed by atoms with Gasteiger partial charge in [-0.1, -0.05) is 11.6 Å². The van der Waals surface area contributed by atoms with Gasteiger partial charge in [-0.3, -0.25) is 9.36 Å². The summed E-state index contributed by atoms with van der Waals surface area (Å²) in [5, 5.41) is 19.8. The first-order chi connectivity index (χ1) is 12.1. The van der Waals surface area contributed by atoms with E-state index in [0.29, 0.717) is 27.2 Å². The van der Waals surface area contributed by atoms with Crippen LogP contribution >= 0.6 is 11.6 Å². The number of benzene rings is 2. The average molecular weight is 356 g/mol. The van der Waals surface area contributed by atoms with Crippen LogP contribution in [0.5, 0.6) is 5.75 Å². The summed E-state index contributed by atoms with van der Waals surface area (Å²) in [6.45, 7) is 0.0671. The maximum absolute atomic E-state index is 12.4. The molecule has 126 valence electrons. The Morgan fingerprint density at radius 2 is 2.04 bits per heavy atom. The van der Waals surface area contributed by atoms with Gasteiger partial charge in [0, 0.05) is 5.02 Å². The Kier molecular flexibility index (Phi) is 4.98. The number of halogens is 1. The van der Waals surface area contributed by atoms with Crippen molar-refractivity contribution in [2.24, 2.45) is 0 Å². The topological polar surface area (TPSA) is 88.1 Å². The van der Waals surface area contributed by atoms with E-state index in [1.54, 1.807) is 42.5 Å². The van der Waals surface area contributed by atoms with Crippen LogP contribution in [0.2, 0.25) is 5.02 Å². The van der Waals surface area contributed by atoms with Crippen LogP contribution in [0.1, 0.15) is 5.56 Å². The maximum atomic E-state index is 12.4.